The molecule has 7 heteroatoms. The second-order valence-electron chi connectivity index (χ2n) is 9.09. The number of Topliss-reactive ketones (excluding diaryl/α,β-unsaturated/α-hetero) is 2. The summed E-state index contributed by atoms with van der Waals surface area (Å²) in [5.41, 5.74) is 4.43. The number of rotatable bonds is 9. The third-order valence-electron chi connectivity index (χ3n) is 6.85. The number of nitrogens with zero attached hydrogens (tertiary/aromatic N) is 1. The van der Waals surface area contributed by atoms with E-state index in [0.29, 0.717) is 42.6 Å². The molecular weight excluding hydrogens is 454 g/mol. The van der Waals surface area contributed by atoms with Crippen molar-refractivity contribution in [3.8, 4) is 11.5 Å². The maximum atomic E-state index is 13.4. The summed E-state index contributed by atoms with van der Waals surface area (Å²) in [6.45, 7) is 3.93. The van der Waals surface area contributed by atoms with Crippen molar-refractivity contribution in [1.29, 1.82) is 0 Å². The molecule has 1 aliphatic heterocycles. The number of methoxy groups -OCH3 is 2. The van der Waals surface area contributed by atoms with Gasteiger partial charge in [-0.15, -0.1) is 0 Å². The molecule has 0 bridgehead atoms. The number of ketones is 2. The highest BCUT2D eigenvalue weighted by atomic mass is 35.5. The predicted octanol–water partition coefficient (Wildman–Crippen LogP) is 5.59. The Labute approximate surface area is 206 Å². The summed E-state index contributed by atoms with van der Waals surface area (Å²) in [4.78, 5) is 29.0. The van der Waals surface area contributed by atoms with Gasteiger partial charge in [-0.05, 0) is 56.2 Å². The minimum Gasteiger partial charge on any atom is -0.493 e. The Bertz CT molecular complexity index is 984. The van der Waals surface area contributed by atoms with Crippen LogP contribution in [-0.4, -0.2) is 50.4 Å². The standard InChI is InChI=1S/C27H34ClNO5/c1-4-13-34-27-18(28)15-17(16-23(27)33-3)24-25-19(8-5-10-21(25)30)29(12-7-14-32-2)20-9-6-11-22(31)26(20)24/h15-16,24H,4-14H2,1-3H3. The molecule has 1 heterocycles. The Hall–Kier alpha value is -2.31. The van der Waals surface area contributed by atoms with Gasteiger partial charge in [0.1, 0.15) is 0 Å². The van der Waals surface area contributed by atoms with E-state index in [2.05, 4.69) is 4.90 Å². The van der Waals surface area contributed by atoms with E-state index >= 15 is 0 Å². The summed E-state index contributed by atoms with van der Waals surface area (Å²) in [5.74, 6) is 0.842. The molecule has 0 saturated carbocycles. The van der Waals surface area contributed by atoms with Crippen LogP contribution < -0.4 is 9.47 Å². The van der Waals surface area contributed by atoms with E-state index in [1.165, 1.54) is 0 Å². The molecule has 0 amide bonds. The highest BCUT2D eigenvalue weighted by Crippen LogP contribution is 2.51. The average Bonchev–Trinajstić information content (AvgIpc) is 2.83. The Balaban J connectivity index is 1.87. The third-order valence-corrected chi connectivity index (χ3v) is 7.13. The average molecular weight is 488 g/mol. The van der Waals surface area contributed by atoms with Crippen LogP contribution in [0.5, 0.6) is 11.5 Å². The van der Waals surface area contributed by atoms with Crippen molar-refractivity contribution in [2.75, 3.05) is 34.0 Å². The lowest BCUT2D eigenvalue weighted by Gasteiger charge is -2.44. The van der Waals surface area contributed by atoms with Crippen LogP contribution in [0.1, 0.15) is 69.8 Å². The fourth-order valence-corrected chi connectivity index (χ4v) is 5.71. The van der Waals surface area contributed by atoms with Gasteiger partial charge in [0, 0.05) is 61.6 Å². The third kappa shape index (κ3) is 4.63. The smallest absolute Gasteiger partial charge is 0.179 e. The molecule has 0 N–H and O–H groups in total. The fraction of sp³-hybridized carbons (Fsp3) is 0.556. The normalized spacial score (nSPS) is 18.9. The Kier molecular flexibility index (Phi) is 7.99. The van der Waals surface area contributed by atoms with Crippen molar-refractivity contribution in [2.45, 2.75) is 64.2 Å². The lowest BCUT2D eigenvalue weighted by atomic mass is 9.71. The second-order valence-corrected chi connectivity index (χ2v) is 9.49. The number of ether oxygens (including phenoxy) is 3. The SMILES string of the molecule is CCCOc1c(Cl)cc(C2C3=C(CCCC3=O)N(CCCOC)C3=C2C(=O)CCC3)cc1OC. The monoisotopic (exact) mass is 487 g/mol. The molecule has 3 aliphatic rings. The first-order valence-electron chi connectivity index (χ1n) is 12.3. The van der Waals surface area contributed by atoms with Gasteiger partial charge in [-0.2, -0.15) is 0 Å². The van der Waals surface area contributed by atoms with E-state index in [1.807, 2.05) is 19.1 Å². The lowest BCUT2D eigenvalue weighted by molar-refractivity contribution is -0.117. The molecule has 6 nitrogen and oxygen atoms in total. The van der Waals surface area contributed by atoms with Crippen LogP contribution in [0.15, 0.2) is 34.7 Å². The van der Waals surface area contributed by atoms with Crippen molar-refractivity contribution in [3.05, 3.63) is 45.3 Å². The maximum Gasteiger partial charge on any atom is 0.179 e. The number of hydrogen-bond acceptors (Lipinski definition) is 6. The molecule has 0 fully saturated rings. The summed E-state index contributed by atoms with van der Waals surface area (Å²) in [5, 5.41) is 0.432. The van der Waals surface area contributed by atoms with Gasteiger partial charge in [0.05, 0.1) is 18.7 Å². The van der Waals surface area contributed by atoms with E-state index in [-0.39, 0.29) is 11.6 Å². The topological polar surface area (TPSA) is 65.1 Å². The van der Waals surface area contributed by atoms with E-state index < -0.39 is 5.92 Å². The first kappa shape index (κ1) is 24.8. The summed E-state index contributed by atoms with van der Waals surface area (Å²) >= 11 is 6.67. The maximum absolute atomic E-state index is 13.4. The van der Waals surface area contributed by atoms with Gasteiger partial charge < -0.3 is 19.1 Å². The van der Waals surface area contributed by atoms with Crippen molar-refractivity contribution >= 4 is 23.2 Å². The van der Waals surface area contributed by atoms with Gasteiger partial charge in [0.15, 0.2) is 23.1 Å². The number of carbonyl (C=O) groups is 2. The number of halogens is 1. The zero-order chi connectivity index (χ0) is 24.2. The molecular formula is C27H34ClNO5. The van der Waals surface area contributed by atoms with Crippen LogP contribution >= 0.6 is 11.6 Å². The minimum atomic E-state index is -0.420. The zero-order valence-corrected chi connectivity index (χ0v) is 21.1. The number of carbonyl (C=O) groups excluding carboxylic acids is 2. The van der Waals surface area contributed by atoms with Gasteiger partial charge in [0.2, 0.25) is 0 Å². The van der Waals surface area contributed by atoms with E-state index in [9.17, 15) is 9.59 Å². The van der Waals surface area contributed by atoms with Crippen molar-refractivity contribution < 1.29 is 23.8 Å². The van der Waals surface area contributed by atoms with Gasteiger partial charge >= 0.3 is 0 Å². The van der Waals surface area contributed by atoms with E-state index in [0.717, 1.165) is 73.2 Å². The summed E-state index contributed by atoms with van der Waals surface area (Å²) in [6, 6.07) is 3.74. The highest BCUT2D eigenvalue weighted by molar-refractivity contribution is 6.32. The Morgan fingerprint density at radius 1 is 0.971 bits per heavy atom. The first-order chi connectivity index (χ1) is 16.5. The molecule has 1 aromatic carbocycles. The van der Waals surface area contributed by atoms with Crippen molar-refractivity contribution in [3.63, 3.8) is 0 Å². The molecule has 0 atom stereocenters. The van der Waals surface area contributed by atoms with Gasteiger partial charge in [0.25, 0.3) is 0 Å². The molecule has 0 aromatic heterocycles. The molecule has 2 aliphatic carbocycles. The minimum absolute atomic E-state index is 0.120. The van der Waals surface area contributed by atoms with E-state index in [1.54, 1.807) is 14.2 Å². The molecule has 0 unspecified atom stereocenters. The van der Waals surface area contributed by atoms with Gasteiger partial charge in [-0.25, -0.2) is 0 Å². The van der Waals surface area contributed by atoms with Crippen LogP contribution in [0, 0.1) is 0 Å². The van der Waals surface area contributed by atoms with Crippen LogP contribution in [-0.2, 0) is 14.3 Å². The summed E-state index contributed by atoms with van der Waals surface area (Å²) in [6.07, 6.45) is 6.00. The van der Waals surface area contributed by atoms with Crippen molar-refractivity contribution in [1.82, 2.24) is 4.90 Å². The Morgan fingerprint density at radius 2 is 1.62 bits per heavy atom. The summed E-state index contributed by atoms with van der Waals surface area (Å²) in [7, 11) is 3.28. The highest BCUT2D eigenvalue weighted by Gasteiger charge is 2.43. The fourth-order valence-electron chi connectivity index (χ4n) is 5.44. The van der Waals surface area contributed by atoms with Crippen LogP contribution in [0.25, 0.3) is 0 Å². The molecule has 1 aromatic rings. The van der Waals surface area contributed by atoms with Crippen LogP contribution in [0.4, 0.5) is 0 Å². The lowest BCUT2D eigenvalue weighted by Crippen LogP contribution is -2.39. The quantitative estimate of drug-likeness (QED) is 0.423. The molecule has 0 spiro atoms. The van der Waals surface area contributed by atoms with Crippen LogP contribution in [0.2, 0.25) is 5.02 Å². The van der Waals surface area contributed by atoms with Crippen LogP contribution in [0.3, 0.4) is 0 Å². The molecule has 184 valence electrons. The van der Waals surface area contributed by atoms with Gasteiger partial charge in [-0.3, -0.25) is 9.59 Å². The largest absolute Gasteiger partial charge is 0.493 e. The van der Waals surface area contributed by atoms with E-state index in [4.69, 9.17) is 25.8 Å². The number of allylic oxidation sites excluding steroid dienone is 4. The summed E-state index contributed by atoms with van der Waals surface area (Å²) < 4.78 is 16.8. The number of hydrogen-bond donors (Lipinski definition) is 0. The molecule has 0 radical (unpaired) electrons. The molecule has 34 heavy (non-hydrogen) atoms. The molecule has 0 saturated heterocycles. The zero-order valence-electron chi connectivity index (χ0n) is 20.4. The second kappa shape index (κ2) is 11.0. The Morgan fingerprint density at radius 3 is 2.18 bits per heavy atom. The van der Waals surface area contributed by atoms with Gasteiger partial charge in [-0.1, -0.05) is 18.5 Å². The predicted molar refractivity (Wildman–Crippen MR) is 131 cm³/mol. The van der Waals surface area contributed by atoms with Crippen molar-refractivity contribution in [2.24, 2.45) is 0 Å². The first-order valence-corrected chi connectivity index (χ1v) is 12.7. The molecule has 4 rings (SSSR count). The number of benzene rings is 1.